The lowest BCUT2D eigenvalue weighted by Gasteiger charge is -2.11. The first-order valence-corrected chi connectivity index (χ1v) is 6.98. The summed E-state index contributed by atoms with van der Waals surface area (Å²) in [4.78, 5) is 1.26. The van der Waals surface area contributed by atoms with Crippen LogP contribution in [0.4, 0.5) is 17.1 Å². The molecule has 0 aliphatic carbocycles. The molecule has 1 heterocycles. The van der Waals surface area contributed by atoms with Crippen molar-refractivity contribution in [3.8, 4) is 11.1 Å². The number of nitrogens with one attached hydrogen (secondary N) is 1. The molecule has 4 heteroatoms. The van der Waals surface area contributed by atoms with Gasteiger partial charge in [0.15, 0.2) is 0 Å². The summed E-state index contributed by atoms with van der Waals surface area (Å²) in [5.41, 5.74) is 16.8. The van der Waals surface area contributed by atoms with E-state index in [9.17, 15) is 0 Å². The van der Waals surface area contributed by atoms with E-state index in [0.29, 0.717) is 0 Å². The highest BCUT2D eigenvalue weighted by Crippen LogP contribution is 2.39. The number of anilines is 3. The standard InChI is InChI=1S/C14H19N3S/c1-3-6-17-13-8-18-9(2)14(13)11-7-10(15)4-5-12(11)16/h4-5,7-8,17H,3,6,15-16H2,1-2H3. The van der Waals surface area contributed by atoms with Crippen molar-refractivity contribution >= 4 is 28.4 Å². The minimum atomic E-state index is 0.742. The number of nitrogens with two attached hydrogens (primary N) is 2. The van der Waals surface area contributed by atoms with Crippen molar-refractivity contribution in [1.82, 2.24) is 0 Å². The first kappa shape index (κ1) is 12.8. The van der Waals surface area contributed by atoms with Crippen molar-refractivity contribution in [2.45, 2.75) is 20.3 Å². The molecule has 0 spiro atoms. The normalized spacial score (nSPS) is 10.6. The zero-order chi connectivity index (χ0) is 13.1. The topological polar surface area (TPSA) is 64.1 Å². The maximum absolute atomic E-state index is 6.07. The number of aryl methyl sites for hydroxylation is 1. The summed E-state index contributed by atoms with van der Waals surface area (Å²) in [7, 11) is 0. The number of rotatable bonds is 4. The van der Waals surface area contributed by atoms with E-state index >= 15 is 0 Å². The van der Waals surface area contributed by atoms with Gasteiger partial charge in [-0.2, -0.15) is 0 Å². The molecule has 0 amide bonds. The predicted octanol–water partition coefficient (Wildman–Crippen LogP) is 3.71. The van der Waals surface area contributed by atoms with Gasteiger partial charge in [-0.1, -0.05) is 6.92 Å². The largest absolute Gasteiger partial charge is 0.399 e. The molecule has 0 bridgehead atoms. The molecule has 96 valence electrons. The Morgan fingerprint density at radius 3 is 2.78 bits per heavy atom. The highest BCUT2D eigenvalue weighted by Gasteiger charge is 2.13. The van der Waals surface area contributed by atoms with Gasteiger partial charge in [-0.15, -0.1) is 11.3 Å². The Morgan fingerprint density at radius 1 is 1.28 bits per heavy atom. The van der Waals surface area contributed by atoms with Crippen molar-refractivity contribution in [2.75, 3.05) is 23.3 Å². The number of thiophene rings is 1. The molecule has 18 heavy (non-hydrogen) atoms. The Balaban J connectivity index is 2.48. The molecule has 0 aliphatic rings. The van der Waals surface area contributed by atoms with Crippen LogP contribution in [0.2, 0.25) is 0 Å². The van der Waals surface area contributed by atoms with E-state index in [1.807, 2.05) is 18.2 Å². The third kappa shape index (κ3) is 2.43. The van der Waals surface area contributed by atoms with Crippen LogP contribution in [0.3, 0.4) is 0 Å². The van der Waals surface area contributed by atoms with Gasteiger partial charge >= 0.3 is 0 Å². The highest BCUT2D eigenvalue weighted by molar-refractivity contribution is 7.11. The summed E-state index contributed by atoms with van der Waals surface area (Å²) in [5, 5.41) is 5.58. The second-order valence-corrected chi connectivity index (χ2v) is 5.44. The Morgan fingerprint density at radius 2 is 2.06 bits per heavy atom. The van der Waals surface area contributed by atoms with Crippen LogP contribution in [0, 0.1) is 6.92 Å². The Hall–Kier alpha value is -1.68. The summed E-state index contributed by atoms with van der Waals surface area (Å²) in [6.45, 7) is 5.23. The molecule has 3 nitrogen and oxygen atoms in total. The maximum atomic E-state index is 6.07. The van der Waals surface area contributed by atoms with Crippen molar-refractivity contribution < 1.29 is 0 Å². The van der Waals surface area contributed by atoms with Crippen LogP contribution < -0.4 is 16.8 Å². The van der Waals surface area contributed by atoms with Crippen LogP contribution in [0.25, 0.3) is 11.1 Å². The van der Waals surface area contributed by atoms with E-state index in [4.69, 9.17) is 11.5 Å². The average Bonchev–Trinajstić information content (AvgIpc) is 2.71. The zero-order valence-electron chi connectivity index (χ0n) is 10.8. The highest BCUT2D eigenvalue weighted by atomic mass is 32.1. The summed E-state index contributed by atoms with van der Waals surface area (Å²) in [6, 6.07) is 5.65. The molecule has 0 unspecified atom stereocenters. The minimum absolute atomic E-state index is 0.742. The quantitative estimate of drug-likeness (QED) is 0.735. The molecule has 0 radical (unpaired) electrons. The SMILES string of the molecule is CCCNc1csc(C)c1-c1cc(N)ccc1N. The van der Waals surface area contributed by atoms with Crippen molar-refractivity contribution in [3.63, 3.8) is 0 Å². The third-order valence-electron chi connectivity index (χ3n) is 2.89. The second-order valence-electron chi connectivity index (χ2n) is 4.35. The lowest BCUT2D eigenvalue weighted by atomic mass is 10.0. The fourth-order valence-corrected chi connectivity index (χ4v) is 2.80. The van der Waals surface area contributed by atoms with Gasteiger partial charge in [-0.3, -0.25) is 0 Å². The molecular formula is C14H19N3S. The van der Waals surface area contributed by atoms with Gasteiger partial charge in [0, 0.05) is 39.3 Å². The maximum Gasteiger partial charge on any atom is 0.0532 e. The van der Waals surface area contributed by atoms with E-state index in [1.54, 1.807) is 11.3 Å². The lowest BCUT2D eigenvalue weighted by Crippen LogP contribution is -2.01. The molecule has 0 saturated carbocycles. The van der Waals surface area contributed by atoms with Gasteiger partial charge in [-0.05, 0) is 31.5 Å². The lowest BCUT2D eigenvalue weighted by molar-refractivity contribution is 0.981. The van der Waals surface area contributed by atoms with Crippen molar-refractivity contribution in [1.29, 1.82) is 0 Å². The monoisotopic (exact) mass is 261 g/mol. The fraction of sp³-hybridized carbons (Fsp3) is 0.286. The number of benzene rings is 1. The van der Waals surface area contributed by atoms with E-state index in [0.717, 1.165) is 35.6 Å². The average molecular weight is 261 g/mol. The van der Waals surface area contributed by atoms with Gasteiger partial charge in [0.2, 0.25) is 0 Å². The Bertz CT molecular complexity index is 546. The van der Waals surface area contributed by atoms with E-state index in [-0.39, 0.29) is 0 Å². The molecule has 0 atom stereocenters. The van der Waals surface area contributed by atoms with Gasteiger partial charge in [-0.25, -0.2) is 0 Å². The van der Waals surface area contributed by atoms with Crippen LogP contribution in [0.1, 0.15) is 18.2 Å². The smallest absolute Gasteiger partial charge is 0.0532 e. The molecule has 2 aromatic rings. The van der Waals surface area contributed by atoms with Gasteiger partial charge in [0.05, 0.1) is 5.69 Å². The number of hydrogen-bond donors (Lipinski definition) is 3. The molecule has 0 fully saturated rings. The predicted molar refractivity (Wildman–Crippen MR) is 82.1 cm³/mol. The molecule has 0 saturated heterocycles. The van der Waals surface area contributed by atoms with Gasteiger partial charge in [0.25, 0.3) is 0 Å². The minimum Gasteiger partial charge on any atom is -0.399 e. The second kappa shape index (κ2) is 5.31. The third-order valence-corrected chi connectivity index (χ3v) is 3.80. The zero-order valence-corrected chi connectivity index (χ0v) is 11.6. The summed E-state index contributed by atoms with van der Waals surface area (Å²) in [6.07, 6.45) is 1.10. The van der Waals surface area contributed by atoms with E-state index < -0.39 is 0 Å². The van der Waals surface area contributed by atoms with Crippen LogP contribution in [-0.4, -0.2) is 6.54 Å². The summed E-state index contributed by atoms with van der Waals surface area (Å²) in [5.74, 6) is 0. The van der Waals surface area contributed by atoms with E-state index in [1.165, 1.54) is 10.4 Å². The summed E-state index contributed by atoms with van der Waals surface area (Å²) < 4.78 is 0. The van der Waals surface area contributed by atoms with Gasteiger partial charge < -0.3 is 16.8 Å². The first-order chi connectivity index (χ1) is 8.63. The summed E-state index contributed by atoms with van der Waals surface area (Å²) >= 11 is 1.73. The Kier molecular flexibility index (Phi) is 3.77. The first-order valence-electron chi connectivity index (χ1n) is 6.10. The fourth-order valence-electron chi connectivity index (χ4n) is 1.97. The van der Waals surface area contributed by atoms with Crippen molar-refractivity contribution in [2.24, 2.45) is 0 Å². The molecule has 2 rings (SSSR count). The van der Waals surface area contributed by atoms with E-state index in [2.05, 4.69) is 24.5 Å². The molecular weight excluding hydrogens is 242 g/mol. The van der Waals surface area contributed by atoms with Crippen LogP contribution in [0.15, 0.2) is 23.6 Å². The molecule has 5 N–H and O–H groups in total. The van der Waals surface area contributed by atoms with Gasteiger partial charge in [0.1, 0.15) is 0 Å². The van der Waals surface area contributed by atoms with Crippen LogP contribution in [0.5, 0.6) is 0 Å². The van der Waals surface area contributed by atoms with Crippen LogP contribution >= 0.6 is 11.3 Å². The number of nitrogen functional groups attached to an aromatic ring is 2. The molecule has 1 aromatic heterocycles. The molecule has 1 aromatic carbocycles. The van der Waals surface area contributed by atoms with Crippen LogP contribution in [-0.2, 0) is 0 Å². The molecule has 0 aliphatic heterocycles. The number of hydrogen-bond acceptors (Lipinski definition) is 4. The Labute approximate surface area is 112 Å². The van der Waals surface area contributed by atoms with Crippen molar-refractivity contribution in [3.05, 3.63) is 28.5 Å².